The van der Waals surface area contributed by atoms with Gasteiger partial charge in [-0.15, -0.1) is 0 Å². The molecule has 0 unspecified atom stereocenters. The average Bonchev–Trinajstić information content (AvgIpc) is 2.77. The molecule has 0 aromatic carbocycles. The molecule has 7 nitrogen and oxygen atoms in total. The Hall–Kier alpha value is -2.15. The number of methoxy groups -OCH3 is 1. The predicted molar refractivity (Wildman–Crippen MR) is 82.2 cm³/mol. The van der Waals surface area contributed by atoms with Crippen molar-refractivity contribution in [2.45, 2.75) is 27.0 Å². The molecule has 2 aromatic heterocycles. The summed E-state index contributed by atoms with van der Waals surface area (Å²) in [7, 11) is 3.57. The topological polar surface area (TPSA) is 76.9 Å². The molecule has 0 spiro atoms. The van der Waals surface area contributed by atoms with Gasteiger partial charge in [0, 0.05) is 44.6 Å². The average molecular weight is 290 g/mol. The van der Waals surface area contributed by atoms with Gasteiger partial charge >= 0.3 is 0 Å². The molecular weight excluding hydrogens is 268 g/mol. The standard InChI is InChI=1S/C14H22N6O/c1-5-15-12-6-13(19-14(18-12)9-21-4)16-7-11-8-17-20(3)10(11)2/h6,8H,5,7,9H2,1-4H3,(H2,15,16,18,19). The van der Waals surface area contributed by atoms with Gasteiger partial charge in [0.25, 0.3) is 0 Å². The third-order valence-corrected chi connectivity index (χ3v) is 3.20. The lowest BCUT2D eigenvalue weighted by Crippen LogP contribution is -2.09. The van der Waals surface area contributed by atoms with Gasteiger partial charge in [-0.3, -0.25) is 4.68 Å². The van der Waals surface area contributed by atoms with E-state index in [9.17, 15) is 0 Å². The smallest absolute Gasteiger partial charge is 0.158 e. The zero-order valence-corrected chi connectivity index (χ0v) is 13.0. The van der Waals surface area contributed by atoms with E-state index in [1.54, 1.807) is 7.11 Å². The maximum Gasteiger partial charge on any atom is 0.158 e. The molecule has 0 fully saturated rings. The van der Waals surface area contributed by atoms with Crippen LogP contribution in [0, 0.1) is 6.92 Å². The van der Waals surface area contributed by atoms with E-state index in [1.807, 2.05) is 37.8 Å². The maximum absolute atomic E-state index is 5.11. The monoisotopic (exact) mass is 290 g/mol. The number of rotatable bonds is 7. The third kappa shape index (κ3) is 3.91. The normalized spacial score (nSPS) is 10.7. The van der Waals surface area contributed by atoms with Crippen LogP contribution in [-0.2, 0) is 24.9 Å². The van der Waals surface area contributed by atoms with Gasteiger partial charge in [-0.1, -0.05) is 0 Å². The molecule has 0 amide bonds. The van der Waals surface area contributed by atoms with Crippen molar-refractivity contribution in [1.29, 1.82) is 0 Å². The molecule has 0 saturated carbocycles. The van der Waals surface area contributed by atoms with Crippen molar-refractivity contribution in [3.8, 4) is 0 Å². The molecule has 0 atom stereocenters. The number of aryl methyl sites for hydroxylation is 1. The van der Waals surface area contributed by atoms with E-state index in [4.69, 9.17) is 4.74 Å². The van der Waals surface area contributed by atoms with Crippen LogP contribution in [0.2, 0.25) is 0 Å². The lowest BCUT2D eigenvalue weighted by atomic mass is 10.2. The van der Waals surface area contributed by atoms with Crippen molar-refractivity contribution in [3.63, 3.8) is 0 Å². The number of nitrogens with one attached hydrogen (secondary N) is 2. The highest BCUT2D eigenvalue weighted by Gasteiger charge is 2.07. The van der Waals surface area contributed by atoms with Gasteiger partial charge in [-0.2, -0.15) is 5.10 Å². The summed E-state index contributed by atoms with van der Waals surface area (Å²) < 4.78 is 6.97. The van der Waals surface area contributed by atoms with E-state index in [0.717, 1.165) is 29.4 Å². The van der Waals surface area contributed by atoms with Crippen LogP contribution >= 0.6 is 0 Å². The Morgan fingerprint density at radius 1 is 1.24 bits per heavy atom. The fourth-order valence-corrected chi connectivity index (χ4v) is 1.96. The molecule has 0 saturated heterocycles. The fourth-order valence-electron chi connectivity index (χ4n) is 1.96. The first-order valence-corrected chi connectivity index (χ1v) is 6.96. The molecule has 2 N–H and O–H groups in total. The van der Waals surface area contributed by atoms with Crippen molar-refractivity contribution in [2.24, 2.45) is 7.05 Å². The van der Waals surface area contributed by atoms with E-state index in [1.165, 1.54) is 0 Å². The first kappa shape index (κ1) is 15.2. The summed E-state index contributed by atoms with van der Waals surface area (Å²) in [5.41, 5.74) is 2.29. The first-order valence-electron chi connectivity index (χ1n) is 6.96. The zero-order valence-electron chi connectivity index (χ0n) is 13.0. The minimum atomic E-state index is 0.389. The Labute approximate surface area is 124 Å². The number of ether oxygens (including phenoxy) is 1. The number of anilines is 2. The van der Waals surface area contributed by atoms with Crippen molar-refractivity contribution in [1.82, 2.24) is 19.7 Å². The first-order chi connectivity index (χ1) is 10.1. The highest BCUT2D eigenvalue weighted by atomic mass is 16.5. The van der Waals surface area contributed by atoms with Crippen LogP contribution in [-0.4, -0.2) is 33.4 Å². The lowest BCUT2D eigenvalue weighted by molar-refractivity contribution is 0.178. The van der Waals surface area contributed by atoms with E-state index < -0.39 is 0 Å². The number of aromatic nitrogens is 4. The summed E-state index contributed by atoms with van der Waals surface area (Å²) in [6.45, 7) is 5.95. The van der Waals surface area contributed by atoms with Crippen molar-refractivity contribution >= 4 is 11.6 Å². The zero-order chi connectivity index (χ0) is 15.2. The van der Waals surface area contributed by atoms with Gasteiger partial charge in [-0.25, -0.2) is 9.97 Å². The number of hydrogen-bond acceptors (Lipinski definition) is 6. The van der Waals surface area contributed by atoms with Gasteiger partial charge in [0.2, 0.25) is 0 Å². The Kier molecular flexibility index (Phi) is 5.10. The van der Waals surface area contributed by atoms with Crippen LogP contribution < -0.4 is 10.6 Å². The summed E-state index contributed by atoms with van der Waals surface area (Å²) in [5.74, 6) is 2.22. The van der Waals surface area contributed by atoms with Crippen LogP contribution in [0.4, 0.5) is 11.6 Å². The second-order valence-electron chi connectivity index (χ2n) is 4.75. The van der Waals surface area contributed by atoms with Gasteiger partial charge in [0.05, 0.1) is 6.20 Å². The highest BCUT2D eigenvalue weighted by Crippen LogP contribution is 2.14. The van der Waals surface area contributed by atoms with E-state index in [2.05, 4.69) is 25.7 Å². The van der Waals surface area contributed by atoms with Crippen LogP contribution in [0.1, 0.15) is 24.0 Å². The molecule has 0 radical (unpaired) electrons. The largest absolute Gasteiger partial charge is 0.377 e. The van der Waals surface area contributed by atoms with Crippen molar-refractivity contribution in [3.05, 3.63) is 29.3 Å². The molecule has 21 heavy (non-hydrogen) atoms. The third-order valence-electron chi connectivity index (χ3n) is 3.20. The fraction of sp³-hybridized carbons (Fsp3) is 0.500. The van der Waals surface area contributed by atoms with Crippen LogP contribution in [0.3, 0.4) is 0 Å². The van der Waals surface area contributed by atoms with Crippen LogP contribution in [0.5, 0.6) is 0 Å². The molecule has 0 aliphatic heterocycles. The lowest BCUT2D eigenvalue weighted by Gasteiger charge is -2.10. The summed E-state index contributed by atoms with van der Waals surface area (Å²) in [5, 5.41) is 10.7. The molecule has 7 heteroatoms. The van der Waals surface area contributed by atoms with Gasteiger partial charge in [0.1, 0.15) is 18.2 Å². The van der Waals surface area contributed by atoms with Crippen molar-refractivity contribution < 1.29 is 4.74 Å². The summed E-state index contributed by atoms with van der Waals surface area (Å²) in [6, 6.07) is 1.90. The summed E-state index contributed by atoms with van der Waals surface area (Å²) in [6.07, 6.45) is 1.87. The summed E-state index contributed by atoms with van der Waals surface area (Å²) >= 11 is 0. The van der Waals surface area contributed by atoms with Crippen LogP contribution in [0.15, 0.2) is 12.3 Å². The molecule has 0 aliphatic rings. The number of nitrogens with zero attached hydrogens (tertiary/aromatic N) is 4. The molecular formula is C14H22N6O. The summed E-state index contributed by atoms with van der Waals surface area (Å²) in [4.78, 5) is 8.83. The predicted octanol–water partition coefficient (Wildman–Crippen LogP) is 1.71. The second kappa shape index (κ2) is 7.03. The SMILES string of the molecule is CCNc1cc(NCc2cnn(C)c2C)nc(COC)n1. The molecule has 114 valence electrons. The van der Waals surface area contributed by atoms with Gasteiger partial charge < -0.3 is 15.4 Å². The van der Waals surface area contributed by atoms with Gasteiger partial charge in [0.15, 0.2) is 5.82 Å². The van der Waals surface area contributed by atoms with Crippen molar-refractivity contribution in [2.75, 3.05) is 24.3 Å². The van der Waals surface area contributed by atoms with E-state index in [-0.39, 0.29) is 0 Å². The molecule has 2 aromatic rings. The quantitative estimate of drug-likeness (QED) is 0.808. The van der Waals surface area contributed by atoms with E-state index in [0.29, 0.717) is 19.0 Å². The molecule has 0 bridgehead atoms. The van der Waals surface area contributed by atoms with E-state index >= 15 is 0 Å². The molecule has 2 heterocycles. The van der Waals surface area contributed by atoms with Gasteiger partial charge in [-0.05, 0) is 13.8 Å². The Bertz CT molecular complexity index is 571. The highest BCUT2D eigenvalue weighted by molar-refractivity contribution is 5.47. The minimum absolute atomic E-state index is 0.389. The Morgan fingerprint density at radius 3 is 2.52 bits per heavy atom. The second-order valence-corrected chi connectivity index (χ2v) is 4.75. The molecule has 2 rings (SSSR count). The minimum Gasteiger partial charge on any atom is -0.377 e. The number of hydrogen-bond donors (Lipinski definition) is 2. The Morgan fingerprint density at radius 2 is 1.95 bits per heavy atom. The molecule has 0 aliphatic carbocycles. The van der Waals surface area contributed by atoms with Crippen LogP contribution in [0.25, 0.3) is 0 Å². The maximum atomic E-state index is 5.11. The Balaban J connectivity index is 2.12.